The van der Waals surface area contributed by atoms with Gasteiger partial charge < -0.3 is 15.0 Å². The minimum Gasteiger partial charge on any atom is -0.497 e. The van der Waals surface area contributed by atoms with Crippen LogP contribution in [-0.2, 0) is 6.54 Å². The maximum Gasteiger partial charge on any atom is 0.143 e. The van der Waals surface area contributed by atoms with Gasteiger partial charge in [-0.25, -0.2) is 4.98 Å². The van der Waals surface area contributed by atoms with Crippen molar-refractivity contribution in [1.82, 2.24) is 14.5 Å². The standard InChI is InChI=1S/C16H18N4O/c1-3-8-20-15-6-7-18-10-14(15)19-16(20)12-5-4-11(21-2)9-13(12)17/h4-7,9-10H,3,8,17H2,1-2H3. The minimum absolute atomic E-state index is 0.662. The van der Waals surface area contributed by atoms with E-state index in [0.717, 1.165) is 41.1 Å². The fraction of sp³-hybridized carbons (Fsp3) is 0.250. The van der Waals surface area contributed by atoms with Gasteiger partial charge in [-0.3, -0.25) is 4.98 Å². The summed E-state index contributed by atoms with van der Waals surface area (Å²) in [7, 11) is 1.63. The Morgan fingerprint density at radius 1 is 1.29 bits per heavy atom. The Hall–Kier alpha value is -2.56. The smallest absolute Gasteiger partial charge is 0.143 e. The van der Waals surface area contributed by atoms with E-state index in [2.05, 4.69) is 16.5 Å². The van der Waals surface area contributed by atoms with E-state index >= 15 is 0 Å². The van der Waals surface area contributed by atoms with Crippen molar-refractivity contribution in [1.29, 1.82) is 0 Å². The Bertz CT molecular complexity index is 779. The third-order valence-electron chi connectivity index (χ3n) is 3.50. The summed E-state index contributed by atoms with van der Waals surface area (Å²) >= 11 is 0. The number of pyridine rings is 1. The van der Waals surface area contributed by atoms with Gasteiger partial charge in [0.2, 0.25) is 0 Å². The lowest BCUT2D eigenvalue weighted by atomic mass is 10.1. The van der Waals surface area contributed by atoms with Crippen LogP contribution in [-0.4, -0.2) is 21.6 Å². The molecule has 0 aliphatic carbocycles. The second-order valence-electron chi connectivity index (χ2n) is 4.90. The lowest BCUT2D eigenvalue weighted by Crippen LogP contribution is -2.02. The largest absolute Gasteiger partial charge is 0.497 e. The molecule has 2 aromatic heterocycles. The summed E-state index contributed by atoms with van der Waals surface area (Å²) in [6.45, 7) is 3.04. The van der Waals surface area contributed by atoms with Crippen LogP contribution in [0.5, 0.6) is 5.75 Å². The molecule has 3 aromatic rings. The Balaban J connectivity index is 2.21. The van der Waals surface area contributed by atoms with Gasteiger partial charge in [-0.1, -0.05) is 6.92 Å². The second-order valence-corrected chi connectivity index (χ2v) is 4.90. The molecule has 0 unspecified atom stereocenters. The minimum atomic E-state index is 0.662. The fourth-order valence-corrected chi connectivity index (χ4v) is 2.51. The van der Waals surface area contributed by atoms with Crippen LogP contribution in [0.25, 0.3) is 22.4 Å². The van der Waals surface area contributed by atoms with E-state index in [-0.39, 0.29) is 0 Å². The van der Waals surface area contributed by atoms with Gasteiger partial charge in [0.05, 0.1) is 18.8 Å². The van der Waals surface area contributed by atoms with Crippen molar-refractivity contribution < 1.29 is 4.74 Å². The number of methoxy groups -OCH3 is 1. The molecule has 0 radical (unpaired) electrons. The number of fused-ring (bicyclic) bond motifs is 1. The molecule has 108 valence electrons. The van der Waals surface area contributed by atoms with Crippen molar-refractivity contribution in [3.8, 4) is 17.1 Å². The number of imidazole rings is 1. The molecule has 21 heavy (non-hydrogen) atoms. The van der Waals surface area contributed by atoms with Crippen LogP contribution in [0, 0.1) is 0 Å². The molecular weight excluding hydrogens is 264 g/mol. The third-order valence-corrected chi connectivity index (χ3v) is 3.50. The van der Waals surface area contributed by atoms with Gasteiger partial charge in [-0.2, -0.15) is 0 Å². The Morgan fingerprint density at radius 2 is 2.14 bits per heavy atom. The number of anilines is 1. The maximum atomic E-state index is 6.17. The highest BCUT2D eigenvalue weighted by Gasteiger charge is 2.14. The summed E-state index contributed by atoms with van der Waals surface area (Å²) in [4.78, 5) is 8.84. The summed E-state index contributed by atoms with van der Waals surface area (Å²) in [6.07, 6.45) is 4.60. The van der Waals surface area contributed by atoms with E-state index in [1.54, 1.807) is 19.5 Å². The molecule has 0 saturated carbocycles. The van der Waals surface area contributed by atoms with Crippen LogP contribution in [0.3, 0.4) is 0 Å². The van der Waals surface area contributed by atoms with E-state index in [1.807, 2.05) is 24.3 Å². The van der Waals surface area contributed by atoms with Gasteiger partial charge in [0.1, 0.15) is 17.1 Å². The molecule has 0 aliphatic heterocycles. The fourth-order valence-electron chi connectivity index (χ4n) is 2.51. The van der Waals surface area contributed by atoms with Crippen LogP contribution in [0.2, 0.25) is 0 Å². The van der Waals surface area contributed by atoms with Gasteiger partial charge in [0.15, 0.2) is 0 Å². The first kappa shape index (κ1) is 13.4. The predicted molar refractivity (Wildman–Crippen MR) is 84.2 cm³/mol. The van der Waals surface area contributed by atoms with Gasteiger partial charge in [0.25, 0.3) is 0 Å². The number of hydrogen-bond acceptors (Lipinski definition) is 4. The van der Waals surface area contributed by atoms with Crippen molar-refractivity contribution in [3.05, 3.63) is 36.7 Å². The molecule has 5 heteroatoms. The van der Waals surface area contributed by atoms with Crippen molar-refractivity contribution in [2.75, 3.05) is 12.8 Å². The monoisotopic (exact) mass is 282 g/mol. The zero-order valence-corrected chi connectivity index (χ0v) is 12.2. The van der Waals surface area contributed by atoms with Crippen LogP contribution in [0.1, 0.15) is 13.3 Å². The molecule has 0 amide bonds. The number of rotatable bonds is 4. The average molecular weight is 282 g/mol. The second kappa shape index (κ2) is 5.44. The van der Waals surface area contributed by atoms with Crippen LogP contribution in [0.15, 0.2) is 36.7 Å². The van der Waals surface area contributed by atoms with E-state index in [9.17, 15) is 0 Å². The molecule has 0 bridgehead atoms. The SMILES string of the molecule is CCCn1c(-c2ccc(OC)cc2N)nc2cnccc21. The molecule has 0 saturated heterocycles. The molecule has 2 heterocycles. The van der Waals surface area contributed by atoms with E-state index in [0.29, 0.717) is 5.69 Å². The third kappa shape index (κ3) is 2.31. The highest BCUT2D eigenvalue weighted by Crippen LogP contribution is 2.31. The van der Waals surface area contributed by atoms with Gasteiger partial charge in [-0.05, 0) is 24.6 Å². The first-order chi connectivity index (χ1) is 10.2. The summed E-state index contributed by atoms with van der Waals surface area (Å²) in [5.41, 5.74) is 9.71. The number of aromatic nitrogens is 3. The van der Waals surface area contributed by atoms with Crippen molar-refractivity contribution >= 4 is 16.7 Å². The first-order valence-electron chi connectivity index (χ1n) is 6.98. The van der Waals surface area contributed by atoms with Gasteiger partial charge in [0, 0.05) is 30.1 Å². The normalized spacial score (nSPS) is 11.0. The number of benzene rings is 1. The molecule has 0 spiro atoms. The Kier molecular flexibility index (Phi) is 3.48. The van der Waals surface area contributed by atoms with E-state index in [1.165, 1.54) is 0 Å². The highest BCUT2D eigenvalue weighted by atomic mass is 16.5. The highest BCUT2D eigenvalue weighted by molar-refractivity contribution is 5.83. The van der Waals surface area contributed by atoms with Gasteiger partial charge in [-0.15, -0.1) is 0 Å². The van der Waals surface area contributed by atoms with Gasteiger partial charge >= 0.3 is 0 Å². The molecule has 5 nitrogen and oxygen atoms in total. The predicted octanol–water partition coefficient (Wildman–Crippen LogP) is 3.10. The molecular formula is C16H18N4O. The summed E-state index contributed by atoms with van der Waals surface area (Å²) in [5.74, 6) is 1.62. The number of hydrogen-bond donors (Lipinski definition) is 1. The van der Waals surface area contributed by atoms with Crippen LogP contribution < -0.4 is 10.5 Å². The molecule has 1 aromatic carbocycles. The zero-order chi connectivity index (χ0) is 14.8. The molecule has 2 N–H and O–H groups in total. The maximum absolute atomic E-state index is 6.17. The lowest BCUT2D eigenvalue weighted by molar-refractivity contribution is 0.415. The summed E-state index contributed by atoms with van der Waals surface area (Å²) in [5, 5.41) is 0. The van der Waals surface area contributed by atoms with Crippen LogP contribution >= 0.6 is 0 Å². The number of nitrogen functional groups attached to an aromatic ring is 1. The number of nitrogens with two attached hydrogens (primary N) is 1. The van der Waals surface area contributed by atoms with Crippen molar-refractivity contribution in [2.24, 2.45) is 0 Å². The topological polar surface area (TPSA) is 66.0 Å². The molecule has 3 rings (SSSR count). The number of nitrogens with zero attached hydrogens (tertiary/aromatic N) is 3. The zero-order valence-electron chi connectivity index (χ0n) is 12.2. The lowest BCUT2D eigenvalue weighted by Gasteiger charge is -2.10. The Labute approximate surface area is 123 Å². The van der Waals surface area contributed by atoms with Crippen LogP contribution in [0.4, 0.5) is 5.69 Å². The van der Waals surface area contributed by atoms with Crippen molar-refractivity contribution in [3.63, 3.8) is 0 Å². The van der Waals surface area contributed by atoms with Crippen molar-refractivity contribution in [2.45, 2.75) is 19.9 Å². The van der Waals surface area contributed by atoms with E-state index < -0.39 is 0 Å². The Morgan fingerprint density at radius 3 is 2.86 bits per heavy atom. The molecule has 0 aliphatic rings. The molecule has 0 atom stereocenters. The quantitative estimate of drug-likeness (QED) is 0.747. The number of aryl methyl sites for hydroxylation is 1. The summed E-state index contributed by atoms with van der Waals surface area (Å²) < 4.78 is 7.40. The average Bonchev–Trinajstić information content (AvgIpc) is 2.86. The summed E-state index contributed by atoms with van der Waals surface area (Å²) in [6, 6.07) is 7.67. The van der Waals surface area contributed by atoms with E-state index in [4.69, 9.17) is 15.5 Å². The number of ether oxygens (including phenoxy) is 1. The first-order valence-corrected chi connectivity index (χ1v) is 6.98. The molecule has 0 fully saturated rings.